The molecule has 0 unspecified atom stereocenters. The van der Waals surface area contributed by atoms with E-state index in [0.717, 1.165) is 11.4 Å². The highest BCUT2D eigenvalue weighted by atomic mass is 32.2. The lowest BCUT2D eigenvalue weighted by Crippen LogP contribution is -2.41. The average molecular weight is 429 g/mol. The van der Waals surface area contributed by atoms with E-state index in [1.54, 1.807) is 34.8 Å². The number of hydrogen-bond acceptors (Lipinski definition) is 6. The van der Waals surface area contributed by atoms with Crippen LogP contribution >= 0.6 is 0 Å². The molecule has 9 nitrogen and oxygen atoms in total. The van der Waals surface area contributed by atoms with Gasteiger partial charge in [0.1, 0.15) is 0 Å². The molecule has 1 aromatic carbocycles. The SMILES string of the molecule is Cc1cc(C)n2nc(C(=O)NCC3CCN(S(=O)(=O)c4ccccc4)CC3)nc2n1. The summed E-state index contributed by atoms with van der Waals surface area (Å²) < 4.78 is 28.5. The largest absolute Gasteiger partial charge is 0.349 e. The van der Waals surface area contributed by atoms with Gasteiger partial charge in [0.2, 0.25) is 15.8 Å². The summed E-state index contributed by atoms with van der Waals surface area (Å²) in [6.07, 6.45) is 1.37. The molecule has 10 heteroatoms. The molecule has 2 aromatic heterocycles. The smallest absolute Gasteiger partial charge is 0.291 e. The van der Waals surface area contributed by atoms with Crippen molar-refractivity contribution >= 4 is 21.7 Å². The second-order valence-corrected chi connectivity index (χ2v) is 9.49. The zero-order chi connectivity index (χ0) is 21.3. The third-order valence-corrected chi connectivity index (χ3v) is 7.24. The Kier molecular flexibility index (Phi) is 5.52. The summed E-state index contributed by atoms with van der Waals surface area (Å²) in [6.45, 7) is 5.08. The van der Waals surface area contributed by atoms with Gasteiger partial charge in [-0.3, -0.25) is 4.79 Å². The molecule has 0 atom stereocenters. The maximum Gasteiger partial charge on any atom is 0.291 e. The minimum Gasteiger partial charge on any atom is -0.349 e. The molecule has 1 aliphatic heterocycles. The van der Waals surface area contributed by atoms with E-state index in [-0.39, 0.29) is 17.6 Å². The third-order valence-electron chi connectivity index (χ3n) is 5.33. The van der Waals surface area contributed by atoms with Crippen LogP contribution in [-0.2, 0) is 10.0 Å². The van der Waals surface area contributed by atoms with E-state index in [0.29, 0.717) is 43.1 Å². The fourth-order valence-electron chi connectivity index (χ4n) is 3.67. The number of amides is 1. The van der Waals surface area contributed by atoms with Crippen LogP contribution in [0, 0.1) is 19.8 Å². The lowest BCUT2D eigenvalue weighted by molar-refractivity contribution is 0.0931. The molecule has 1 saturated heterocycles. The molecule has 0 saturated carbocycles. The summed E-state index contributed by atoms with van der Waals surface area (Å²) in [7, 11) is -3.47. The number of rotatable bonds is 5. The topological polar surface area (TPSA) is 110 Å². The fourth-order valence-corrected chi connectivity index (χ4v) is 5.16. The average Bonchev–Trinajstić information content (AvgIpc) is 3.17. The van der Waals surface area contributed by atoms with Gasteiger partial charge in [-0.2, -0.15) is 9.29 Å². The van der Waals surface area contributed by atoms with Crippen LogP contribution in [0.25, 0.3) is 5.78 Å². The van der Waals surface area contributed by atoms with Crippen LogP contribution in [0.5, 0.6) is 0 Å². The van der Waals surface area contributed by atoms with Crippen molar-refractivity contribution in [1.29, 1.82) is 0 Å². The third kappa shape index (κ3) is 4.05. The van der Waals surface area contributed by atoms with Gasteiger partial charge in [-0.1, -0.05) is 18.2 Å². The van der Waals surface area contributed by atoms with E-state index in [2.05, 4.69) is 20.4 Å². The summed E-state index contributed by atoms with van der Waals surface area (Å²) in [5.74, 6) is 0.338. The number of nitrogens with one attached hydrogen (secondary N) is 1. The van der Waals surface area contributed by atoms with Gasteiger partial charge in [-0.15, -0.1) is 5.10 Å². The quantitative estimate of drug-likeness (QED) is 0.661. The summed E-state index contributed by atoms with van der Waals surface area (Å²) in [4.78, 5) is 21.3. The summed E-state index contributed by atoms with van der Waals surface area (Å²) >= 11 is 0. The van der Waals surface area contributed by atoms with Crippen LogP contribution < -0.4 is 5.32 Å². The number of aromatic nitrogens is 4. The van der Waals surface area contributed by atoms with Crippen LogP contribution in [0.3, 0.4) is 0 Å². The van der Waals surface area contributed by atoms with Gasteiger partial charge >= 0.3 is 0 Å². The Morgan fingerprint density at radius 3 is 2.53 bits per heavy atom. The highest BCUT2D eigenvalue weighted by Gasteiger charge is 2.29. The normalized spacial score (nSPS) is 16.1. The standard InChI is InChI=1S/C20H24N6O3S/c1-14-12-15(2)26-20(22-14)23-18(24-26)19(27)21-13-16-8-10-25(11-9-16)30(28,29)17-6-4-3-5-7-17/h3-7,12,16H,8-11,13H2,1-2H3,(H,21,27). The van der Waals surface area contributed by atoms with E-state index >= 15 is 0 Å². The van der Waals surface area contributed by atoms with E-state index in [9.17, 15) is 13.2 Å². The Labute approximate surface area is 175 Å². The summed E-state index contributed by atoms with van der Waals surface area (Å²) in [5.41, 5.74) is 1.67. The number of fused-ring (bicyclic) bond motifs is 1. The molecule has 1 N–H and O–H groups in total. The van der Waals surface area contributed by atoms with E-state index in [1.807, 2.05) is 19.9 Å². The Balaban J connectivity index is 1.34. The molecule has 0 aliphatic carbocycles. The van der Waals surface area contributed by atoms with Crippen LogP contribution in [0.15, 0.2) is 41.3 Å². The number of nitrogens with zero attached hydrogens (tertiary/aromatic N) is 5. The maximum absolute atomic E-state index is 12.7. The summed E-state index contributed by atoms with van der Waals surface area (Å²) in [5, 5.41) is 7.11. The van der Waals surface area contributed by atoms with Gasteiger partial charge in [0, 0.05) is 31.0 Å². The Hall–Kier alpha value is -2.85. The number of benzene rings is 1. The number of sulfonamides is 1. The number of carbonyl (C=O) groups excluding carboxylic acids is 1. The first-order chi connectivity index (χ1) is 14.3. The van der Waals surface area contributed by atoms with E-state index < -0.39 is 10.0 Å². The van der Waals surface area contributed by atoms with Crippen LogP contribution in [-0.4, -0.2) is 57.8 Å². The highest BCUT2D eigenvalue weighted by Crippen LogP contribution is 2.23. The number of piperidine rings is 1. The van der Waals surface area contributed by atoms with Crippen molar-refractivity contribution in [2.24, 2.45) is 5.92 Å². The summed E-state index contributed by atoms with van der Waals surface area (Å²) in [6, 6.07) is 10.3. The number of aryl methyl sites for hydroxylation is 2. The predicted molar refractivity (Wildman–Crippen MR) is 111 cm³/mol. The Morgan fingerprint density at radius 1 is 1.13 bits per heavy atom. The van der Waals surface area contributed by atoms with Crippen molar-refractivity contribution in [2.75, 3.05) is 19.6 Å². The monoisotopic (exact) mass is 428 g/mol. The highest BCUT2D eigenvalue weighted by molar-refractivity contribution is 7.89. The first-order valence-electron chi connectivity index (χ1n) is 9.89. The molecular formula is C20H24N6O3S. The van der Waals surface area contributed by atoms with Gasteiger partial charge in [0.15, 0.2) is 0 Å². The van der Waals surface area contributed by atoms with E-state index in [1.165, 1.54) is 4.31 Å². The van der Waals surface area contributed by atoms with Crippen LogP contribution in [0.1, 0.15) is 34.8 Å². The first kappa shape index (κ1) is 20.4. The second kappa shape index (κ2) is 8.11. The lowest BCUT2D eigenvalue weighted by atomic mass is 9.98. The van der Waals surface area contributed by atoms with Crippen LogP contribution in [0.4, 0.5) is 0 Å². The van der Waals surface area contributed by atoms with Crippen LogP contribution in [0.2, 0.25) is 0 Å². The lowest BCUT2D eigenvalue weighted by Gasteiger charge is -2.31. The van der Waals surface area contributed by atoms with Gasteiger partial charge in [-0.05, 0) is 50.8 Å². The van der Waals surface area contributed by atoms with E-state index in [4.69, 9.17) is 0 Å². The van der Waals surface area contributed by atoms with Crippen molar-refractivity contribution in [3.05, 3.63) is 53.6 Å². The molecular weight excluding hydrogens is 404 g/mol. The minimum atomic E-state index is -3.47. The molecule has 0 bridgehead atoms. The molecule has 0 radical (unpaired) electrons. The maximum atomic E-state index is 12.7. The molecule has 1 fully saturated rings. The van der Waals surface area contributed by atoms with Crippen molar-refractivity contribution in [3.63, 3.8) is 0 Å². The predicted octanol–water partition coefficient (Wildman–Crippen LogP) is 1.57. The Morgan fingerprint density at radius 2 is 1.83 bits per heavy atom. The second-order valence-electron chi connectivity index (χ2n) is 7.56. The zero-order valence-electron chi connectivity index (χ0n) is 16.9. The zero-order valence-corrected chi connectivity index (χ0v) is 17.8. The molecule has 1 aliphatic rings. The van der Waals surface area contributed by atoms with Gasteiger partial charge in [0.25, 0.3) is 11.7 Å². The fraction of sp³-hybridized carbons (Fsp3) is 0.400. The molecule has 3 aromatic rings. The number of carbonyl (C=O) groups is 1. The van der Waals surface area contributed by atoms with Crippen molar-refractivity contribution in [3.8, 4) is 0 Å². The Bertz CT molecular complexity index is 1170. The van der Waals surface area contributed by atoms with Gasteiger partial charge < -0.3 is 5.32 Å². The molecule has 3 heterocycles. The molecule has 158 valence electrons. The van der Waals surface area contributed by atoms with Gasteiger partial charge in [-0.25, -0.2) is 17.9 Å². The van der Waals surface area contributed by atoms with Crippen molar-refractivity contribution in [2.45, 2.75) is 31.6 Å². The minimum absolute atomic E-state index is 0.0836. The molecule has 0 spiro atoms. The van der Waals surface area contributed by atoms with Crippen molar-refractivity contribution < 1.29 is 13.2 Å². The van der Waals surface area contributed by atoms with Crippen molar-refractivity contribution in [1.82, 2.24) is 29.2 Å². The number of hydrogen-bond donors (Lipinski definition) is 1. The molecule has 4 rings (SSSR count). The van der Waals surface area contributed by atoms with Gasteiger partial charge in [0.05, 0.1) is 4.90 Å². The molecule has 1 amide bonds. The molecule has 30 heavy (non-hydrogen) atoms. The first-order valence-corrected chi connectivity index (χ1v) is 11.3.